The van der Waals surface area contributed by atoms with Gasteiger partial charge < -0.3 is 4.90 Å². The Morgan fingerprint density at radius 2 is 1.74 bits per heavy atom. The lowest BCUT2D eigenvalue weighted by atomic mass is 9.99. The van der Waals surface area contributed by atoms with Crippen LogP contribution in [-0.4, -0.2) is 86.5 Å². The summed E-state index contributed by atoms with van der Waals surface area (Å²) in [5, 5.41) is 13.4. The van der Waals surface area contributed by atoms with Crippen LogP contribution in [0, 0.1) is 20.8 Å². The largest absolute Gasteiger partial charge is 0.328 e. The smallest absolute Gasteiger partial charge is 0.301 e. The van der Waals surface area contributed by atoms with Crippen molar-refractivity contribution in [2.75, 3.05) is 44.2 Å². The number of imide groups is 1. The third kappa shape index (κ3) is 5.86. The van der Waals surface area contributed by atoms with E-state index in [1.54, 1.807) is 28.6 Å². The maximum atomic E-state index is 12.5. The summed E-state index contributed by atoms with van der Waals surface area (Å²) in [6, 6.07) is 9.39. The Kier molecular flexibility index (Phi) is 8.45. The molecule has 0 spiro atoms. The zero-order chi connectivity index (χ0) is 31.9. The summed E-state index contributed by atoms with van der Waals surface area (Å²) in [7, 11) is 0. The first-order chi connectivity index (χ1) is 22.3. The molecular formula is C33H36ClN9O2S. The van der Waals surface area contributed by atoms with Gasteiger partial charge in [-0.25, -0.2) is 4.79 Å². The SMILES string of the molecule is Cc1sc2c(c1C)C(c1ccc(Cl)cc1)=N[C@@H](CCN1CCN(Cc3ccncc3N3CCC(=O)NC3=O)CC1)c1nnc(C)n1-2. The summed E-state index contributed by atoms with van der Waals surface area (Å²) < 4.78 is 2.21. The molecule has 0 saturated carbocycles. The molecule has 3 amide bonds. The number of amides is 3. The van der Waals surface area contributed by atoms with E-state index in [4.69, 9.17) is 16.6 Å². The van der Waals surface area contributed by atoms with E-state index in [2.05, 4.69) is 60.8 Å². The second-order valence-corrected chi connectivity index (χ2v) is 13.7. The van der Waals surface area contributed by atoms with Gasteiger partial charge >= 0.3 is 6.03 Å². The van der Waals surface area contributed by atoms with E-state index in [1.165, 1.54) is 10.4 Å². The minimum Gasteiger partial charge on any atom is -0.301 e. The molecule has 11 nitrogen and oxygen atoms in total. The van der Waals surface area contributed by atoms with E-state index in [-0.39, 0.29) is 24.4 Å². The van der Waals surface area contributed by atoms with E-state index in [0.29, 0.717) is 18.1 Å². The number of nitrogens with zero attached hydrogens (tertiary/aromatic N) is 8. The number of thiophene rings is 1. The lowest BCUT2D eigenvalue weighted by molar-refractivity contribution is -0.120. The van der Waals surface area contributed by atoms with E-state index >= 15 is 0 Å². The molecule has 3 aliphatic rings. The summed E-state index contributed by atoms with van der Waals surface area (Å²) in [6.45, 7) is 12.0. The molecule has 13 heteroatoms. The molecule has 1 aromatic carbocycles. The van der Waals surface area contributed by atoms with Gasteiger partial charge in [0.1, 0.15) is 16.9 Å². The normalized spacial score (nSPS) is 19.0. The summed E-state index contributed by atoms with van der Waals surface area (Å²) in [5.74, 6) is 1.51. The molecule has 7 rings (SSSR count). The Hall–Kier alpha value is -3.97. The Balaban J connectivity index is 1.06. The number of carbonyl (C=O) groups is 2. The van der Waals surface area contributed by atoms with Crippen LogP contribution in [0.25, 0.3) is 5.00 Å². The molecule has 6 heterocycles. The van der Waals surface area contributed by atoms with E-state index in [1.807, 2.05) is 25.1 Å². The van der Waals surface area contributed by atoms with E-state index < -0.39 is 0 Å². The highest BCUT2D eigenvalue weighted by Gasteiger charge is 2.32. The Labute approximate surface area is 276 Å². The van der Waals surface area contributed by atoms with Crippen LogP contribution in [0.4, 0.5) is 10.5 Å². The van der Waals surface area contributed by atoms with Crippen LogP contribution in [0.2, 0.25) is 5.02 Å². The third-order valence-electron chi connectivity index (χ3n) is 9.17. The van der Waals surface area contributed by atoms with Gasteiger partial charge in [-0.3, -0.25) is 34.5 Å². The maximum Gasteiger partial charge on any atom is 0.328 e. The molecule has 0 aliphatic carbocycles. The molecule has 4 aromatic rings. The van der Waals surface area contributed by atoms with E-state index in [0.717, 1.165) is 83.9 Å². The van der Waals surface area contributed by atoms with Gasteiger partial charge in [0.2, 0.25) is 5.91 Å². The summed E-state index contributed by atoms with van der Waals surface area (Å²) >= 11 is 8.04. The first-order valence-electron chi connectivity index (χ1n) is 15.6. The number of aryl methyl sites for hydroxylation is 2. The Morgan fingerprint density at radius 3 is 2.50 bits per heavy atom. The van der Waals surface area contributed by atoms with Gasteiger partial charge in [0, 0.05) is 79.5 Å². The molecule has 46 heavy (non-hydrogen) atoms. The number of benzene rings is 1. The number of piperazine rings is 1. The number of carbonyl (C=O) groups excluding carboxylic acids is 2. The average molecular weight is 658 g/mol. The standard InChI is InChI=1S/C33H36ClN9O2S/c1-20-21(2)46-32-29(20)30(23-4-6-25(34)7-5-23)36-26(31-39-38-22(3)43(31)32)9-12-40-14-16-41(17-15-40)19-24-8-11-35-18-27(24)42-13-10-28(44)37-33(42)45/h4-8,11,18,26H,9-10,12-17,19H2,1-3H3,(H,37,44,45)/t26-/m0/s1. The molecule has 2 fully saturated rings. The first kappa shape index (κ1) is 30.7. The number of nitrogens with one attached hydrogen (secondary N) is 1. The lowest BCUT2D eigenvalue weighted by Gasteiger charge is -2.36. The topological polar surface area (TPSA) is 112 Å². The molecule has 3 aromatic heterocycles. The van der Waals surface area contributed by atoms with Crippen LogP contribution in [0.3, 0.4) is 0 Å². The van der Waals surface area contributed by atoms with Gasteiger partial charge in [-0.2, -0.15) is 0 Å². The van der Waals surface area contributed by atoms with Gasteiger partial charge in [-0.15, -0.1) is 21.5 Å². The van der Waals surface area contributed by atoms with Crippen molar-refractivity contribution in [1.29, 1.82) is 0 Å². The van der Waals surface area contributed by atoms with Gasteiger partial charge in [-0.05, 0) is 56.5 Å². The molecular weight excluding hydrogens is 622 g/mol. The summed E-state index contributed by atoms with van der Waals surface area (Å²) in [4.78, 5) is 41.6. The quantitative estimate of drug-likeness (QED) is 0.303. The van der Waals surface area contributed by atoms with Crippen molar-refractivity contribution < 1.29 is 9.59 Å². The second-order valence-electron chi connectivity index (χ2n) is 12.1. The maximum absolute atomic E-state index is 12.5. The number of hydrogen-bond donors (Lipinski definition) is 1. The summed E-state index contributed by atoms with van der Waals surface area (Å²) in [6.07, 6.45) is 4.58. The number of aliphatic imine (C=N–C) groups is 1. The Bertz CT molecular complexity index is 1820. The predicted octanol–water partition coefficient (Wildman–Crippen LogP) is 4.85. The minimum atomic E-state index is -0.387. The van der Waals surface area contributed by atoms with Crippen molar-refractivity contribution in [2.45, 2.75) is 46.2 Å². The van der Waals surface area contributed by atoms with Crippen molar-refractivity contribution in [2.24, 2.45) is 4.99 Å². The van der Waals surface area contributed by atoms with Crippen molar-refractivity contribution in [1.82, 2.24) is 34.9 Å². The minimum absolute atomic E-state index is 0.147. The molecule has 238 valence electrons. The second kappa shape index (κ2) is 12.7. The van der Waals surface area contributed by atoms with Crippen LogP contribution in [-0.2, 0) is 11.3 Å². The van der Waals surface area contributed by atoms with Crippen molar-refractivity contribution in [3.63, 3.8) is 0 Å². The van der Waals surface area contributed by atoms with Gasteiger partial charge in [0.15, 0.2) is 5.82 Å². The van der Waals surface area contributed by atoms with Crippen molar-refractivity contribution >= 4 is 46.3 Å². The van der Waals surface area contributed by atoms with Crippen molar-refractivity contribution in [3.8, 4) is 5.00 Å². The molecule has 0 bridgehead atoms. The fraction of sp³-hybridized carbons (Fsp3) is 0.394. The van der Waals surface area contributed by atoms with Crippen LogP contribution in [0.1, 0.15) is 57.7 Å². The first-order valence-corrected chi connectivity index (χ1v) is 16.8. The number of fused-ring (bicyclic) bond motifs is 3. The number of aromatic nitrogens is 4. The molecule has 2 saturated heterocycles. The number of urea groups is 1. The molecule has 1 N–H and O–H groups in total. The van der Waals surface area contributed by atoms with Crippen LogP contribution < -0.4 is 10.2 Å². The predicted molar refractivity (Wildman–Crippen MR) is 179 cm³/mol. The fourth-order valence-corrected chi connectivity index (χ4v) is 7.83. The lowest BCUT2D eigenvalue weighted by Crippen LogP contribution is -2.50. The zero-order valence-corrected chi connectivity index (χ0v) is 27.7. The highest BCUT2D eigenvalue weighted by Crippen LogP contribution is 2.39. The van der Waals surface area contributed by atoms with Gasteiger partial charge in [0.05, 0.1) is 17.6 Å². The summed E-state index contributed by atoms with van der Waals surface area (Å²) in [5.41, 5.74) is 6.20. The van der Waals surface area contributed by atoms with Gasteiger partial charge in [0.25, 0.3) is 0 Å². The molecule has 0 radical (unpaired) electrons. The average Bonchev–Trinajstić information content (AvgIpc) is 3.52. The van der Waals surface area contributed by atoms with Crippen molar-refractivity contribution in [3.05, 3.63) is 86.5 Å². The van der Waals surface area contributed by atoms with Gasteiger partial charge in [-0.1, -0.05) is 23.7 Å². The monoisotopic (exact) mass is 657 g/mol. The van der Waals surface area contributed by atoms with Crippen LogP contribution in [0.15, 0.2) is 47.7 Å². The number of halogens is 1. The van der Waals surface area contributed by atoms with Crippen LogP contribution >= 0.6 is 22.9 Å². The van der Waals surface area contributed by atoms with Crippen LogP contribution in [0.5, 0.6) is 0 Å². The molecule has 0 unspecified atom stereocenters. The third-order valence-corrected chi connectivity index (χ3v) is 10.6. The highest BCUT2D eigenvalue weighted by molar-refractivity contribution is 7.15. The van der Waals surface area contributed by atoms with E-state index in [9.17, 15) is 9.59 Å². The fourth-order valence-electron chi connectivity index (χ4n) is 6.49. The number of rotatable bonds is 7. The molecule has 3 aliphatic heterocycles. The zero-order valence-electron chi connectivity index (χ0n) is 26.2. The number of hydrogen-bond acceptors (Lipinski definition) is 9. The Morgan fingerprint density at radius 1 is 0.978 bits per heavy atom. The highest BCUT2D eigenvalue weighted by atomic mass is 35.5. The molecule has 1 atom stereocenters. The number of anilines is 1. The number of pyridine rings is 1.